The number of allylic oxidation sites excluding steroid dienone is 1. The van der Waals surface area contributed by atoms with Crippen LogP contribution in [-0.4, -0.2) is 0 Å². The van der Waals surface area contributed by atoms with Crippen molar-refractivity contribution >= 4 is 5.57 Å². The fourth-order valence-electron chi connectivity index (χ4n) is 0.639. The van der Waals surface area contributed by atoms with Crippen LogP contribution in [0.25, 0.3) is 5.57 Å². The maximum absolute atomic E-state index is 5.50. The Balaban J connectivity index is 0.000000810. The fraction of sp³-hybridized carbons (Fsp3) is 0.111. The summed E-state index contributed by atoms with van der Waals surface area (Å²) in [5.74, 6) is 0. The normalized spacial score (nSPS) is 8.10. The van der Waals surface area contributed by atoms with Crippen molar-refractivity contribution in [2.75, 3.05) is 0 Å². The summed E-state index contributed by atoms with van der Waals surface area (Å²) in [4.78, 5) is 0. The van der Waals surface area contributed by atoms with Gasteiger partial charge in [-0.05, 0) is 0 Å². The van der Waals surface area contributed by atoms with Crippen molar-refractivity contribution in [1.29, 1.82) is 0 Å². The van der Waals surface area contributed by atoms with E-state index in [2.05, 4.69) is 6.07 Å². The summed E-state index contributed by atoms with van der Waals surface area (Å²) in [6.07, 6.45) is 0. The molecule has 0 unspecified atom stereocenters. The van der Waals surface area contributed by atoms with Gasteiger partial charge in [-0.3, -0.25) is 0 Å². The maximum atomic E-state index is 5.50. The molecule has 49 valence electrons. The van der Waals surface area contributed by atoms with Crippen LogP contribution < -0.4 is 0 Å². The maximum Gasteiger partial charge on any atom is 0 e. The van der Waals surface area contributed by atoms with Crippen LogP contribution in [-0.2, 0) is 32.7 Å². The molecular weight excluding hydrogens is 197 g/mol. The number of hydrogen-bond donors (Lipinski definition) is 0. The van der Waals surface area contributed by atoms with Crippen LogP contribution in [0, 0.1) is 12.6 Å². The van der Waals surface area contributed by atoms with Gasteiger partial charge in [0.25, 0.3) is 0 Å². The second-order valence-electron chi connectivity index (χ2n) is 1.96. The molecule has 1 aromatic carbocycles. The molecule has 1 rings (SSSR count). The molecule has 0 aliphatic carbocycles. The van der Waals surface area contributed by atoms with E-state index in [0.29, 0.717) is 0 Å². The van der Waals surface area contributed by atoms with E-state index in [4.69, 9.17) is 6.58 Å². The van der Waals surface area contributed by atoms with Gasteiger partial charge in [0.2, 0.25) is 0 Å². The largest absolute Gasteiger partial charge is 0.341 e. The van der Waals surface area contributed by atoms with Crippen LogP contribution in [0.5, 0.6) is 0 Å². The first kappa shape index (κ1) is 10.1. The predicted molar refractivity (Wildman–Crippen MR) is 38.7 cm³/mol. The molecule has 0 saturated carbocycles. The van der Waals surface area contributed by atoms with Gasteiger partial charge < -0.3 is 17.7 Å². The van der Waals surface area contributed by atoms with Crippen LogP contribution >= 0.6 is 0 Å². The number of hydrogen-bond acceptors (Lipinski definition) is 0. The second kappa shape index (κ2) is 4.81. The summed E-state index contributed by atoms with van der Waals surface area (Å²) in [5, 5.41) is 0. The van der Waals surface area contributed by atoms with Gasteiger partial charge in [-0.2, -0.15) is 12.1 Å². The Morgan fingerprint density at radius 1 is 1.50 bits per heavy atom. The molecule has 0 atom stereocenters. The third-order valence-corrected chi connectivity index (χ3v) is 1.13. The standard InChI is InChI=1S/C9H8.Y/c1-8(2)9-6-4-3-5-7-9;/h1,3-6H,2H3;/q-2;. The van der Waals surface area contributed by atoms with E-state index in [0.717, 1.165) is 11.1 Å². The van der Waals surface area contributed by atoms with Gasteiger partial charge in [-0.15, -0.1) is 13.0 Å². The van der Waals surface area contributed by atoms with Crippen LogP contribution in [0.1, 0.15) is 12.5 Å². The molecule has 0 aliphatic heterocycles. The summed E-state index contributed by atoms with van der Waals surface area (Å²) < 4.78 is 0. The van der Waals surface area contributed by atoms with Gasteiger partial charge in [0.05, 0.1) is 0 Å². The molecular formula is C9H8Y-2. The minimum atomic E-state index is 0. The van der Waals surface area contributed by atoms with E-state index in [1.54, 1.807) is 0 Å². The smallest absolute Gasteiger partial charge is 0 e. The second-order valence-corrected chi connectivity index (χ2v) is 1.96. The summed E-state index contributed by atoms with van der Waals surface area (Å²) in [5.41, 5.74) is 1.80. The zero-order valence-corrected chi connectivity index (χ0v) is 8.80. The topological polar surface area (TPSA) is 0 Å². The Labute approximate surface area is 87.2 Å². The van der Waals surface area contributed by atoms with Crippen LogP contribution in [0.4, 0.5) is 0 Å². The Morgan fingerprint density at radius 2 is 2.20 bits per heavy atom. The SMILES string of the molecule is [CH-]=C(C)c1[c-]cccc1.[Y]. The first-order valence-electron chi connectivity index (χ1n) is 2.87. The van der Waals surface area contributed by atoms with Gasteiger partial charge >= 0.3 is 0 Å². The Kier molecular flexibility index (Phi) is 4.85. The molecule has 0 spiro atoms. The molecule has 0 heterocycles. The molecule has 10 heavy (non-hydrogen) atoms. The van der Waals surface area contributed by atoms with Gasteiger partial charge in [0, 0.05) is 32.7 Å². The molecule has 0 fully saturated rings. The van der Waals surface area contributed by atoms with Gasteiger partial charge in [0.15, 0.2) is 0 Å². The van der Waals surface area contributed by atoms with Gasteiger partial charge in [-0.25, -0.2) is 12.1 Å². The van der Waals surface area contributed by atoms with Crippen molar-refractivity contribution in [3.63, 3.8) is 0 Å². The van der Waals surface area contributed by atoms with E-state index < -0.39 is 0 Å². The van der Waals surface area contributed by atoms with Crippen molar-refractivity contribution in [3.8, 4) is 0 Å². The van der Waals surface area contributed by atoms with Gasteiger partial charge in [0.1, 0.15) is 0 Å². The molecule has 0 bridgehead atoms. The molecule has 1 heteroatoms. The van der Waals surface area contributed by atoms with E-state index in [-0.39, 0.29) is 32.7 Å². The van der Waals surface area contributed by atoms with Crippen LogP contribution in [0.3, 0.4) is 0 Å². The monoisotopic (exact) mass is 205 g/mol. The summed E-state index contributed by atoms with van der Waals surface area (Å²) >= 11 is 0. The molecule has 0 N–H and O–H groups in total. The Bertz CT molecular complexity index is 201. The van der Waals surface area contributed by atoms with Crippen molar-refractivity contribution in [3.05, 3.63) is 42.5 Å². The van der Waals surface area contributed by atoms with Crippen molar-refractivity contribution in [1.82, 2.24) is 0 Å². The summed E-state index contributed by atoms with van der Waals surface area (Å²) in [6, 6.07) is 10.7. The first-order chi connectivity index (χ1) is 4.30. The Morgan fingerprint density at radius 3 is 2.50 bits per heavy atom. The summed E-state index contributed by atoms with van der Waals surface area (Å²) in [6.45, 7) is 7.37. The van der Waals surface area contributed by atoms with Crippen molar-refractivity contribution in [2.45, 2.75) is 6.92 Å². The summed E-state index contributed by atoms with van der Waals surface area (Å²) in [7, 11) is 0. The average molecular weight is 205 g/mol. The minimum Gasteiger partial charge on any atom is -0.341 e. The van der Waals surface area contributed by atoms with Gasteiger partial charge in [-0.1, -0.05) is 0 Å². The molecule has 0 nitrogen and oxygen atoms in total. The van der Waals surface area contributed by atoms with E-state index in [1.807, 2.05) is 31.2 Å². The molecule has 1 radical (unpaired) electrons. The minimum absolute atomic E-state index is 0. The quantitative estimate of drug-likeness (QED) is 0.617. The fourth-order valence-corrected chi connectivity index (χ4v) is 0.639. The number of rotatable bonds is 1. The average Bonchev–Trinajstić information content (AvgIpc) is 1.90. The van der Waals surface area contributed by atoms with E-state index in [9.17, 15) is 0 Å². The third kappa shape index (κ3) is 2.76. The molecule has 0 aromatic heterocycles. The zero-order chi connectivity index (χ0) is 6.69. The zero-order valence-electron chi connectivity index (χ0n) is 5.96. The van der Waals surface area contributed by atoms with Crippen LogP contribution in [0.15, 0.2) is 24.3 Å². The van der Waals surface area contributed by atoms with E-state index in [1.165, 1.54) is 0 Å². The molecule has 0 aliphatic rings. The van der Waals surface area contributed by atoms with Crippen molar-refractivity contribution < 1.29 is 32.7 Å². The van der Waals surface area contributed by atoms with Crippen LogP contribution in [0.2, 0.25) is 0 Å². The Hall–Kier alpha value is 0.0639. The molecule has 0 saturated heterocycles. The van der Waals surface area contributed by atoms with Crippen molar-refractivity contribution in [2.24, 2.45) is 0 Å². The third-order valence-electron chi connectivity index (χ3n) is 1.13. The predicted octanol–water partition coefficient (Wildman–Crippen LogP) is 2.32. The van der Waals surface area contributed by atoms with E-state index >= 15 is 0 Å². The number of benzene rings is 1. The molecule has 0 amide bonds. The molecule has 1 aromatic rings. The first-order valence-corrected chi connectivity index (χ1v) is 2.87.